The van der Waals surface area contributed by atoms with Gasteiger partial charge in [0, 0.05) is 11.7 Å². The number of hydrogen-bond donors (Lipinski definition) is 2. The van der Waals surface area contributed by atoms with Crippen molar-refractivity contribution in [2.75, 3.05) is 5.32 Å². The molecule has 0 radical (unpaired) electrons. The standard InChI is InChI=1S/C18H27FN2O/c1-11-6-5-7-16(13(11)3)20-14(4)18(22)21-17-10-15(19)9-8-12(17)2/h8-11,13-14,16,20H,5-7H2,1-4H3,(H,21,22). The number of carbonyl (C=O) groups excluding carboxylic acids is 1. The van der Waals surface area contributed by atoms with E-state index in [9.17, 15) is 9.18 Å². The van der Waals surface area contributed by atoms with E-state index in [1.165, 1.54) is 25.0 Å². The van der Waals surface area contributed by atoms with Crippen LogP contribution in [0.4, 0.5) is 10.1 Å². The lowest BCUT2D eigenvalue weighted by atomic mass is 9.78. The van der Waals surface area contributed by atoms with Crippen LogP contribution in [0.5, 0.6) is 0 Å². The van der Waals surface area contributed by atoms with Gasteiger partial charge in [0.25, 0.3) is 0 Å². The summed E-state index contributed by atoms with van der Waals surface area (Å²) in [5, 5.41) is 6.27. The van der Waals surface area contributed by atoms with Gasteiger partial charge in [0.2, 0.25) is 5.91 Å². The van der Waals surface area contributed by atoms with Gasteiger partial charge in [0.1, 0.15) is 5.82 Å². The first kappa shape index (κ1) is 16.9. The molecule has 1 aliphatic rings. The van der Waals surface area contributed by atoms with Gasteiger partial charge in [0.15, 0.2) is 0 Å². The summed E-state index contributed by atoms with van der Waals surface area (Å²) in [5.74, 6) is 0.808. The zero-order chi connectivity index (χ0) is 16.3. The van der Waals surface area contributed by atoms with Gasteiger partial charge >= 0.3 is 0 Å². The second-order valence-electron chi connectivity index (χ2n) is 6.71. The Bertz CT molecular complexity index is 532. The fourth-order valence-electron chi connectivity index (χ4n) is 3.18. The highest BCUT2D eigenvalue weighted by atomic mass is 19.1. The molecule has 4 atom stereocenters. The van der Waals surface area contributed by atoms with Gasteiger partial charge in [-0.25, -0.2) is 4.39 Å². The molecule has 2 N–H and O–H groups in total. The summed E-state index contributed by atoms with van der Waals surface area (Å²) in [4.78, 5) is 12.3. The van der Waals surface area contributed by atoms with E-state index < -0.39 is 0 Å². The number of nitrogens with one attached hydrogen (secondary N) is 2. The molecular formula is C18H27FN2O. The van der Waals surface area contributed by atoms with E-state index in [0.29, 0.717) is 23.6 Å². The first-order valence-electron chi connectivity index (χ1n) is 8.21. The number of amides is 1. The largest absolute Gasteiger partial charge is 0.324 e. The van der Waals surface area contributed by atoms with Crippen molar-refractivity contribution in [1.29, 1.82) is 0 Å². The number of benzene rings is 1. The highest BCUT2D eigenvalue weighted by Gasteiger charge is 2.29. The molecule has 1 aromatic rings. The quantitative estimate of drug-likeness (QED) is 0.886. The second kappa shape index (κ2) is 7.23. The van der Waals surface area contributed by atoms with Gasteiger partial charge < -0.3 is 10.6 Å². The van der Waals surface area contributed by atoms with Crippen molar-refractivity contribution >= 4 is 11.6 Å². The van der Waals surface area contributed by atoms with Crippen molar-refractivity contribution in [1.82, 2.24) is 5.32 Å². The van der Waals surface area contributed by atoms with E-state index in [-0.39, 0.29) is 17.8 Å². The molecule has 0 saturated heterocycles. The number of aryl methyl sites for hydroxylation is 1. The average Bonchev–Trinajstić information content (AvgIpc) is 2.47. The molecule has 122 valence electrons. The molecule has 22 heavy (non-hydrogen) atoms. The molecule has 0 spiro atoms. The summed E-state index contributed by atoms with van der Waals surface area (Å²) in [6.45, 7) is 8.26. The maximum absolute atomic E-state index is 13.3. The van der Waals surface area contributed by atoms with E-state index in [4.69, 9.17) is 0 Å². The minimum absolute atomic E-state index is 0.112. The van der Waals surface area contributed by atoms with Gasteiger partial charge in [-0.2, -0.15) is 0 Å². The Labute approximate surface area is 132 Å². The van der Waals surface area contributed by atoms with E-state index in [0.717, 1.165) is 12.0 Å². The Morgan fingerprint density at radius 3 is 2.77 bits per heavy atom. The number of anilines is 1. The number of halogens is 1. The van der Waals surface area contributed by atoms with E-state index in [2.05, 4.69) is 24.5 Å². The molecule has 1 fully saturated rings. The molecular weight excluding hydrogens is 279 g/mol. The van der Waals surface area contributed by atoms with E-state index in [1.807, 2.05) is 13.8 Å². The second-order valence-corrected chi connectivity index (χ2v) is 6.71. The highest BCUT2D eigenvalue weighted by Crippen LogP contribution is 2.29. The summed E-state index contributed by atoms with van der Waals surface area (Å²) in [6, 6.07) is 4.52. The molecule has 4 heteroatoms. The molecule has 1 saturated carbocycles. The van der Waals surface area contributed by atoms with Crippen molar-refractivity contribution in [3.63, 3.8) is 0 Å². The predicted molar refractivity (Wildman–Crippen MR) is 88.3 cm³/mol. The lowest BCUT2D eigenvalue weighted by Crippen LogP contribution is -2.49. The topological polar surface area (TPSA) is 41.1 Å². The van der Waals surface area contributed by atoms with Crippen LogP contribution in [0.2, 0.25) is 0 Å². The predicted octanol–water partition coefficient (Wildman–Crippen LogP) is 3.88. The fraction of sp³-hybridized carbons (Fsp3) is 0.611. The SMILES string of the molecule is Cc1ccc(F)cc1NC(=O)C(C)NC1CCCC(C)C1C. The third kappa shape index (κ3) is 4.07. The van der Waals surface area contributed by atoms with Gasteiger partial charge in [-0.15, -0.1) is 0 Å². The minimum atomic E-state index is -0.337. The van der Waals surface area contributed by atoms with Crippen LogP contribution in [0, 0.1) is 24.6 Å². The molecule has 0 heterocycles. The Hall–Kier alpha value is -1.42. The Balaban J connectivity index is 1.96. The third-order valence-corrected chi connectivity index (χ3v) is 5.02. The molecule has 1 amide bonds. The zero-order valence-electron chi connectivity index (χ0n) is 13.9. The monoisotopic (exact) mass is 306 g/mol. The normalized spacial score (nSPS) is 26.5. The van der Waals surface area contributed by atoms with Crippen LogP contribution in [0.1, 0.15) is 45.6 Å². The molecule has 3 nitrogen and oxygen atoms in total. The maximum atomic E-state index is 13.3. The Morgan fingerprint density at radius 2 is 2.05 bits per heavy atom. The Kier molecular flexibility index (Phi) is 5.57. The van der Waals surface area contributed by atoms with Crippen molar-refractivity contribution in [2.45, 2.75) is 59.0 Å². The number of hydrogen-bond acceptors (Lipinski definition) is 2. The molecule has 0 aliphatic heterocycles. The summed E-state index contributed by atoms with van der Waals surface area (Å²) in [5.41, 5.74) is 1.41. The smallest absolute Gasteiger partial charge is 0.241 e. The molecule has 2 rings (SSSR count). The van der Waals surface area contributed by atoms with Crippen molar-refractivity contribution in [3.05, 3.63) is 29.6 Å². The molecule has 0 bridgehead atoms. The summed E-state index contributed by atoms with van der Waals surface area (Å²) >= 11 is 0. The Morgan fingerprint density at radius 1 is 1.32 bits per heavy atom. The van der Waals surface area contributed by atoms with Crippen LogP contribution >= 0.6 is 0 Å². The number of carbonyl (C=O) groups is 1. The van der Waals surface area contributed by atoms with Gasteiger partial charge in [-0.1, -0.05) is 32.8 Å². The van der Waals surface area contributed by atoms with Crippen LogP contribution in [0.15, 0.2) is 18.2 Å². The van der Waals surface area contributed by atoms with Gasteiger partial charge in [-0.3, -0.25) is 4.79 Å². The van der Waals surface area contributed by atoms with Crippen LogP contribution in [-0.2, 0) is 4.79 Å². The molecule has 0 aromatic heterocycles. The maximum Gasteiger partial charge on any atom is 0.241 e. The van der Waals surface area contributed by atoms with E-state index >= 15 is 0 Å². The summed E-state index contributed by atoms with van der Waals surface area (Å²) in [6.07, 6.45) is 3.59. The molecule has 4 unspecified atom stereocenters. The summed E-state index contributed by atoms with van der Waals surface area (Å²) < 4.78 is 13.3. The fourth-order valence-corrected chi connectivity index (χ4v) is 3.18. The summed E-state index contributed by atoms with van der Waals surface area (Å²) in [7, 11) is 0. The lowest BCUT2D eigenvalue weighted by molar-refractivity contribution is -0.118. The molecule has 1 aromatic carbocycles. The van der Waals surface area contributed by atoms with Crippen LogP contribution < -0.4 is 10.6 Å². The van der Waals surface area contributed by atoms with Gasteiger partial charge in [0.05, 0.1) is 6.04 Å². The zero-order valence-corrected chi connectivity index (χ0v) is 13.9. The first-order chi connectivity index (χ1) is 10.4. The van der Waals surface area contributed by atoms with Crippen molar-refractivity contribution in [2.24, 2.45) is 11.8 Å². The van der Waals surface area contributed by atoms with Crippen molar-refractivity contribution in [3.8, 4) is 0 Å². The van der Waals surface area contributed by atoms with Crippen LogP contribution in [0.25, 0.3) is 0 Å². The van der Waals surface area contributed by atoms with Crippen molar-refractivity contribution < 1.29 is 9.18 Å². The highest BCUT2D eigenvalue weighted by molar-refractivity contribution is 5.95. The van der Waals surface area contributed by atoms with Crippen LogP contribution in [0.3, 0.4) is 0 Å². The van der Waals surface area contributed by atoms with Crippen LogP contribution in [-0.4, -0.2) is 18.0 Å². The minimum Gasteiger partial charge on any atom is -0.324 e. The third-order valence-electron chi connectivity index (χ3n) is 5.02. The molecule has 1 aliphatic carbocycles. The lowest BCUT2D eigenvalue weighted by Gasteiger charge is -2.36. The average molecular weight is 306 g/mol. The van der Waals surface area contributed by atoms with E-state index in [1.54, 1.807) is 6.07 Å². The first-order valence-corrected chi connectivity index (χ1v) is 8.21. The number of rotatable bonds is 4. The van der Waals surface area contributed by atoms with Gasteiger partial charge in [-0.05, 0) is 49.8 Å².